The van der Waals surface area contributed by atoms with E-state index in [0.717, 1.165) is 0 Å². The van der Waals surface area contributed by atoms with Gasteiger partial charge in [0, 0.05) is 37.9 Å². The van der Waals surface area contributed by atoms with Crippen molar-refractivity contribution in [2.24, 2.45) is 0 Å². The van der Waals surface area contributed by atoms with Crippen molar-refractivity contribution in [3.05, 3.63) is 29.0 Å². The van der Waals surface area contributed by atoms with Gasteiger partial charge >= 0.3 is 0 Å². The van der Waals surface area contributed by atoms with Gasteiger partial charge in [-0.2, -0.15) is 0 Å². The van der Waals surface area contributed by atoms with Crippen LogP contribution in [0.25, 0.3) is 0 Å². The molecule has 1 aliphatic heterocycles. The molecule has 1 aliphatic rings. The molecule has 0 unspecified atom stereocenters. The van der Waals surface area contributed by atoms with Crippen LogP contribution in [-0.2, 0) is 10.0 Å². The zero-order chi connectivity index (χ0) is 16.3. The van der Waals surface area contributed by atoms with Gasteiger partial charge in [-0.1, -0.05) is 11.6 Å². The van der Waals surface area contributed by atoms with E-state index in [1.54, 1.807) is 31.0 Å². The first kappa shape index (κ1) is 17.2. The number of piperidine rings is 1. The Kier molecular flexibility index (Phi) is 5.41. The molecule has 1 fully saturated rings. The average Bonchev–Trinajstić information content (AvgIpc) is 2.53. The predicted octanol–water partition coefficient (Wildman–Crippen LogP) is 1.62. The van der Waals surface area contributed by atoms with Crippen LogP contribution in [0, 0.1) is 0 Å². The lowest BCUT2D eigenvalue weighted by Gasteiger charge is -2.36. The highest BCUT2D eigenvalue weighted by atomic mass is 35.5. The number of hydrogen-bond donors (Lipinski definition) is 0. The first-order valence-corrected chi connectivity index (χ1v) is 9.20. The molecule has 1 aromatic rings. The van der Waals surface area contributed by atoms with Gasteiger partial charge < -0.3 is 4.90 Å². The highest BCUT2D eigenvalue weighted by molar-refractivity contribution is 7.89. The minimum Gasteiger partial charge on any atom is -0.339 e. The Morgan fingerprint density at radius 3 is 2.64 bits per heavy atom. The lowest BCUT2D eigenvalue weighted by Crippen LogP contribution is -2.47. The Labute approximate surface area is 136 Å². The van der Waals surface area contributed by atoms with Crippen LogP contribution in [0.2, 0.25) is 5.15 Å². The molecular weight excluding hydrogens is 326 g/mol. The molecule has 0 aliphatic carbocycles. The fourth-order valence-electron chi connectivity index (χ4n) is 2.58. The van der Waals surface area contributed by atoms with Gasteiger partial charge in [-0.15, -0.1) is 0 Å². The first-order chi connectivity index (χ1) is 10.3. The lowest BCUT2D eigenvalue weighted by atomic mass is 10.0. The standard InChI is InChI=1S/C14H20ClN3O3S/c1-3-22(20,21)17(2)12-5-8-18(9-6-12)14(19)11-4-7-16-13(15)10-11/h4,7,10,12H,3,5-6,8-9H2,1-2H3. The van der Waals surface area contributed by atoms with Gasteiger partial charge in [0.1, 0.15) is 5.15 Å². The number of nitrogens with zero attached hydrogens (tertiary/aromatic N) is 3. The van der Waals surface area contributed by atoms with E-state index in [1.165, 1.54) is 10.5 Å². The number of amides is 1. The molecule has 22 heavy (non-hydrogen) atoms. The Balaban J connectivity index is 1.99. The molecule has 1 saturated heterocycles. The number of aromatic nitrogens is 1. The number of carbonyl (C=O) groups excluding carboxylic acids is 1. The SMILES string of the molecule is CCS(=O)(=O)N(C)C1CCN(C(=O)c2ccnc(Cl)c2)CC1. The molecule has 0 saturated carbocycles. The summed E-state index contributed by atoms with van der Waals surface area (Å²) in [7, 11) is -1.57. The van der Waals surface area contributed by atoms with Gasteiger partial charge in [0.25, 0.3) is 5.91 Å². The van der Waals surface area contributed by atoms with Gasteiger partial charge in [-0.05, 0) is 31.9 Å². The van der Waals surface area contributed by atoms with Gasteiger partial charge in [-0.25, -0.2) is 17.7 Å². The van der Waals surface area contributed by atoms with E-state index in [0.29, 0.717) is 31.5 Å². The molecule has 0 bridgehead atoms. The van der Waals surface area contributed by atoms with Crippen molar-refractivity contribution in [2.75, 3.05) is 25.9 Å². The molecule has 0 spiro atoms. The minimum atomic E-state index is -3.19. The second-order valence-electron chi connectivity index (χ2n) is 5.31. The molecule has 122 valence electrons. The third kappa shape index (κ3) is 3.77. The summed E-state index contributed by atoms with van der Waals surface area (Å²) in [5, 5.41) is 0.287. The summed E-state index contributed by atoms with van der Waals surface area (Å²) in [6.45, 7) is 2.71. The van der Waals surface area contributed by atoms with E-state index in [1.807, 2.05) is 0 Å². The largest absolute Gasteiger partial charge is 0.339 e. The molecular formula is C14H20ClN3O3S. The van der Waals surface area contributed by atoms with Gasteiger partial charge in [-0.3, -0.25) is 4.79 Å². The molecule has 8 heteroatoms. The van der Waals surface area contributed by atoms with Crippen LogP contribution in [0.15, 0.2) is 18.3 Å². The van der Waals surface area contributed by atoms with Crippen LogP contribution in [0.1, 0.15) is 30.1 Å². The van der Waals surface area contributed by atoms with E-state index < -0.39 is 10.0 Å². The molecule has 2 heterocycles. The zero-order valence-electron chi connectivity index (χ0n) is 12.7. The topological polar surface area (TPSA) is 70.6 Å². The zero-order valence-corrected chi connectivity index (χ0v) is 14.3. The smallest absolute Gasteiger partial charge is 0.254 e. The van der Waals surface area contributed by atoms with Crippen molar-refractivity contribution in [3.8, 4) is 0 Å². The lowest BCUT2D eigenvalue weighted by molar-refractivity contribution is 0.0686. The Morgan fingerprint density at radius 2 is 2.09 bits per heavy atom. The van der Waals surface area contributed by atoms with Crippen LogP contribution in [0.4, 0.5) is 0 Å². The van der Waals surface area contributed by atoms with Crippen molar-refractivity contribution < 1.29 is 13.2 Å². The maximum atomic E-state index is 12.4. The Hall–Kier alpha value is -1.18. The Bertz CT molecular complexity index is 642. The van der Waals surface area contributed by atoms with E-state index >= 15 is 0 Å². The maximum Gasteiger partial charge on any atom is 0.254 e. The molecule has 2 rings (SSSR count). The molecule has 0 N–H and O–H groups in total. The van der Waals surface area contributed by atoms with E-state index in [-0.39, 0.29) is 22.9 Å². The highest BCUT2D eigenvalue weighted by Crippen LogP contribution is 2.20. The fourth-order valence-corrected chi connectivity index (χ4v) is 3.83. The third-order valence-electron chi connectivity index (χ3n) is 4.04. The quantitative estimate of drug-likeness (QED) is 0.777. The predicted molar refractivity (Wildman–Crippen MR) is 85.4 cm³/mol. The number of hydrogen-bond acceptors (Lipinski definition) is 4. The molecule has 1 amide bonds. The minimum absolute atomic E-state index is 0.0463. The Morgan fingerprint density at radius 1 is 1.45 bits per heavy atom. The summed E-state index contributed by atoms with van der Waals surface area (Å²) in [5.74, 6) is 0.00165. The molecule has 1 aromatic heterocycles. The number of sulfonamides is 1. The second kappa shape index (κ2) is 6.93. The average molecular weight is 346 g/mol. The summed E-state index contributed by atoms with van der Waals surface area (Å²) in [5.41, 5.74) is 0.507. The number of rotatable bonds is 4. The number of pyridine rings is 1. The van der Waals surface area contributed by atoms with Crippen molar-refractivity contribution in [2.45, 2.75) is 25.8 Å². The van der Waals surface area contributed by atoms with Crippen LogP contribution in [0.5, 0.6) is 0 Å². The summed E-state index contributed by atoms with van der Waals surface area (Å²) < 4.78 is 25.2. The normalized spacial score (nSPS) is 17.0. The molecule has 0 atom stereocenters. The number of carbonyl (C=O) groups is 1. The van der Waals surface area contributed by atoms with Crippen LogP contribution < -0.4 is 0 Å². The molecule has 6 nitrogen and oxygen atoms in total. The fraction of sp³-hybridized carbons (Fsp3) is 0.571. The third-order valence-corrected chi connectivity index (χ3v) is 6.15. The van der Waals surface area contributed by atoms with Gasteiger partial charge in [0.2, 0.25) is 10.0 Å². The van der Waals surface area contributed by atoms with E-state index in [4.69, 9.17) is 11.6 Å². The summed E-state index contributed by atoms with van der Waals surface area (Å²) in [4.78, 5) is 18.0. The van der Waals surface area contributed by atoms with Crippen LogP contribution in [-0.4, -0.2) is 60.4 Å². The van der Waals surface area contributed by atoms with Crippen molar-refractivity contribution >= 4 is 27.5 Å². The van der Waals surface area contributed by atoms with Crippen molar-refractivity contribution in [3.63, 3.8) is 0 Å². The van der Waals surface area contributed by atoms with Crippen LogP contribution >= 0.6 is 11.6 Å². The second-order valence-corrected chi connectivity index (χ2v) is 8.01. The van der Waals surface area contributed by atoms with Crippen molar-refractivity contribution in [1.29, 1.82) is 0 Å². The van der Waals surface area contributed by atoms with Gasteiger partial charge in [0.15, 0.2) is 0 Å². The molecule has 0 radical (unpaired) electrons. The van der Waals surface area contributed by atoms with Crippen molar-refractivity contribution in [1.82, 2.24) is 14.2 Å². The number of likely N-dealkylation sites (tertiary alicyclic amines) is 1. The summed E-state index contributed by atoms with van der Waals surface area (Å²) in [6.07, 6.45) is 2.78. The summed E-state index contributed by atoms with van der Waals surface area (Å²) >= 11 is 5.80. The number of halogens is 1. The summed E-state index contributed by atoms with van der Waals surface area (Å²) in [6, 6.07) is 3.13. The first-order valence-electron chi connectivity index (χ1n) is 7.21. The van der Waals surface area contributed by atoms with E-state index in [2.05, 4.69) is 4.98 Å². The maximum absolute atomic E-state index is 12.4. The molecule has 0 aromatic carbocycles. The van der Waals surface area contributed by atoms with E-state index in [9.17, 15) is 13.2 Å². The van der Waals surface area contributed by atoms with Crippen LogP contribution in [0.3, 0.4) is 0 Å². The monoisotopic (exact) mass is 345 g/mol. The van der Waals surface area contributed by atoms with Gasteiger partial charge in [0.05, 0.1) is 5.75 Å². The highest BCUT2D eigenvalue weighted by Gasteiger charge is 2.30.